The normalized spacial score (nSPS) is 11.5. The van der Waals surface area contributed by atoms with E-state index in [1.54, 1.807) is 21.3 Å². The summed E-state index contributed by atoms with van der Waals surface area (Å²) in [6.45, 7) is 4.12. The van der Waals surface area contributed by atoms with E-state index >= 15 is 0 Å². The van der Waals surface area contributed by atoms with E-state index in [1.807, 2.05) is 49.4 Å². The minimum Gasteiger partial charge on any atom is -0.497 e. The van der Waals surface area contributed by atoms with E-state index in [-0.39, 0.29) is 5.91 Å². The predicted molar refractivity (Wildman–Crippen MR) is 152 cm³/mol. The lowest BCUT2D eigenvalue weighted by Gasteiger charge is -2.21. The van der Waals surface area contributed by atoms with Gasteiger partial charge in [0.15, 0.2) is 0 Å². The summed E-state index contributed by atoms with van der Waals surface area (Å²) in [6.07, 6.45) is 0. The molecule has 0 aromatic heterocycles. The highest BCUT2D eigenvalue weighted by atomic mass is 16.7. The fraction of sp³-hybridized carbons (Fsp3) is 0.182. The Balaban J connectivity index is 2.04. The van der Waals surface area contributed by atoms with Crippen LogP contribution in [0.5, 0.6) is 11.5 Å². The number of methoxy groups -OCH3 is 2. The first kappa shape index (κ1) is 26.7. The molecule has 0 aliphatic rings. The van der Waals surface area contributed by atoms with Crippen LogP contribution in [0.4, 0.5) is 0 Å². The van der Waals surface area contributed by atoms with Crippen molar-refractivity contribution in [3.05, 3.63) is 130 Å². The molecule has 1 amide bonds. The molecule has 5 nitrogen and oxygen atoms in total. The van der Waals surface area contributed by atoms with Gasteiger partial charge in [-0.05, 0) is 89.2 Å². The molecule has 0 saturated heterocycles. The highest BCUT2D eigenvalue weighted by Gasteiger charge is 2.20. The molecule has 5 heteroatoms. The van der Waals surface area contributed by atoms with Crippen molar-refractivity contribution in [2.24, 2.45) is 0 Å². The van der Waals surface area contributed by atoms with Crippen molar-refractivity contribution in [1.82, 2.24) is 5.06 Å². The lowest BCUT2D eigenvalue weighted by molar-refractivity contribution is -0.0757. The maximum atomic E-state index is 12.8. The molecule has 0 saturated carbocycles. The minimum atomic E-state index is -0.203. The van der Waals surface area contributed by atoms with Crippen molar-refractivity contribution in [2.45, 2.75) is 13.8 Å². The van der Waals surface area contributed by atoms with Crippen LogP contribution in [-0.4, -0.2) is 39.3 Å². The summed E-state index contributed by atoms with van der Waals surface area (Å²) < 4.78 is 10.9. The third-order valence-electron chi connectivity index (χ3n) is 6.65. The van der Waals surface area contributed by atoms with E-state index in [0.717, 1.165) is 50.5 Å². The van der Waals surface area contributed by atoms with Gasteiger partial charge in [-0.25, -0.2) is 5.06 Å². The van der Waals surface area contributed by atoms with E-state index in [9.17, 15) is 4.79 Å². The average molecular weight is 508 g/mol. The van der Waals surface area contributed by atoms with Gasteiger partial charge in [0.1, 0.15) is 11.5 Å². The largest absolute Gasteiger partial charge is 0.497 e. The quantitative estimate of drug-likeness (QED) is 0.191. The Morgan fingerprint density at radius 2 is 1.05 bits per heavy atom. The maximum absolute atomic E-state index is 12.8. The number of aryl methyl sites for hydroxylation is 2. The highest BCUT2D eigenvalue weighted by molar-refractivity contribution is 6.05. The Labute approximate surface area is 224 Å². The number of ether oxygens (including phenoxy) is 2. The van der Waals surface area contributed by atoms with Gasteiger partial charge in [0.05, 0.1) is 21.3 Å². The van der Waals surface area contributed by atoms with E-state index in [0.29, 0.717) is 5.56 Å². The van der Waals surface area contributed by atoms with Gasteiger partial charge < -0.3 is 9.47 Å². The molecule has 4 aromatic rings. The van der Waals surface area contributed by atoms with E-state index in [4.69, 9.17) is 14.3 Å². The van der Waals surface area contributed by atoms with Crippen molar-refractivity contribution in [3.63, 3.8) is 0 Å². The zero-order valence-electron chi connectivity index (χ0n) is 22.7. The number of rotatable bonds is 8. The second-order valence-electron chi connectivity index (χ2n) is 9.09. The number of hydrogen-bond acceptors (Lipinski definition) is 4. The molecule has 0 N–H and O–H groups in total. The summed E-state index contributed by atoms with van der Waals surface area (Å²) in [5.41, 5.74) is 9.06. The monoisotopic (exact) mass is 507 g/mol. The Bertz CT molecular complexity index is 1440. The molecular formula is C33H33NO4. The molecule has 4 aromatic carbocycles. The van der Waals surface area contributed by atoms with Crippen LogP contribution in [0.3, 0.4) is 0 Å². The number of benzene rings is 4. The standard InChI is InChI=1S/C33H33NO4/c1-22-7-9-24(10-8-22)31(25-11-16-28(36-4)17-12-25)32(26-13-18-29(37-5)19-14-26)30-20-15-27(21-23(30)2)33(35)34(3)38-6/h7-21H,1-6H3/b32-31-. The van der Waals surface area contributed by atoms with Crippen LogP contribution in [0.1, 0.15) is 43.7 Å². The molecule has 4 rings (SSSR count). The molecule has 0 heterocycles. The Kier molecular flexibility index (Phi) is 8.29. The zero-order valence-corrected chi connectivity index (χ0v) is 22.7. The Hall–Kier alpha value is -4.35. The Morgan fingerprint density at radius 3 is 1.50 bits per heavy atom. The molecule has 0 radical (unpaired) electrons. The van der Waals surface area contributed by atoms with Crippen LogP contribution < -0.4 is 9.47 Å². The second-order valence-corrected chi connectivity index (χ2v) is 9.09. The van der Waals surface area contributed by atoms with Crippen LogP contribution >= 0.6 is 0 Å². The van der Waals surface area contributed by atoms with Gasteiger partial charge >= 0.3 is 0 Å². The summed E-state index contributed by atoms with van der Waals surface area (Å²) >= 11 is 0. The topological polar surface area (TPSA) is 48.0 Å². The first-order valence-electron chi connectivity index (χ1n) is 12.4. The van der Waals surface area contributed by atoms with Crippen molar-refractivity contribution in [3.8, 4) is 11.5 Å². The van der Waals surface area contributed by atoms with Gasteiger partial charge in [0.2, 0.25) is 0 Å². The molecule has 0 fully saturated rings. The first-order chi connectivity index (χ1) is 18.4. The summed E-state index contributed by atoms with van der Waals surface area (Å²) in [7, 11) is 6.42. The number of hydrogen-bond donors (Lipinski definition) is 0. The average Bonchev–Trinajstić information content (AvgIpc) is 2.96. The molecular weight excluding hydrogens is 474 g/mol. The smallest absolute Gasteiger partial charge is 0.277 e. The number of nitrogens with zero attached hydrogens (tertiary/aromatic N) is 1. The molecule has 0 aliphatic carbocycles. The fourth-order valence-corrected chi connectivity index (χ4v) is 4.47. The van der Waals surface area contributed by atoms with Crippen LogP contribution in [0.25, 0.3) is 11.1 Å². The third kappa shape index (κ3) is 5.63. The molecule has 0 aliphatic heterocycles. The molecule has 194 valence electrons. The van der Waals surface area contributed by atoms with E-state index in [1.165, 1.54) is 17.7 Å². The van der Waals surface area contributed by atoms with Gasteiger partial charge in [-0.15, -0.1) is 0 Å². The minimum absolute atomic E-state index is 0.203. The number of amides is 1. The number of carbonyl (C=O) groups excluding carboxylic acids is 1. The predicted octanol–water partition coefficient (Wildman–Crippen LogP) is 6.96. The summed E-state index contributed by atoms with van der Waals surface area (Å²) in [4.78, 5) is 17.9. The molecule has 0 atom stereocenters. The molecule has 38 heavy (non-hydrogen) atoms. The number of carbonyl (C=O) groups is 1. The lowest BCUT2D eigenvalue weighted by atomic mass is 9.83. The van der Waals surface area contributed by atoms with Crippen LogP contribution in [-0.2, 0) is 4.84 Å². The SMILES string of the molecule is COc1ccc(/C(=C(/c2ccc(OC)cc2)c2ccc(C(=O)N(C)OC)cc2C)c2ccc(C)cc2)cc1. The van der Waals surface area contributed by atoms with Gasteiger partial charge in [-0.1, -0.05) is 60.2 Å². The highest BCUT2D eigenvalue weighted by Crippen LogP contribution is 2.39. The van der Waals surface area contributed by atoms with Gasteiger partial charge in [0.25, 0.3) is 5.91 Å². The fourth-order valence-electron chi connectivity index (χ4n) is 4.47. The second kappa shape index (κ2) is 11.8. The summed E-state index contributed by atoms with van der Waals surface area (Å²) in [5.74, 6) is 1.38. The molecule has 0 bridgehead atoms. The van der Waals surface area contributed by atoms with Crippen molar-refractivity contribution >= 4 is 17.1 Å². The molecule has 0 spiro atoms. The molecule has 0 unspecified atom stereocenters. The van der Waals surface area contributed by atoms with Gasteiger partial charge in [-0.3, -0.25) is 9.63 Å². The van der Waals surface area contributed by atoms with Crippen molar-refractivity contribution in [1.29, 1.82) is 0 Å². The van der Waals surface area contributed by atoms with Crippen LogP contribution in [0.15, 0.2) is 91.0 Å². The maximum Gasteiger partial charge on any atom is 0.277 e. The first-order valence-corrected chi connectivity index (χ1v) is 12.4. The number of hydroxylamine groups is 2. The van der Waals surface area contributed by atoms with Crippen molar-refractivity contribution in [2.75, 3.05) is 28.4 Å². The van der Waals surface area contributed by atoms with Crippen LogP contribution in [0, 0.1) is 13.8 Å². The van der Waals surface area contributed by atoms with Gasteiger partial charge in [-0.2, -0.15) is 0 Å². The van der Waals surface area contributed by atoms with E-state index in [2.05, 4.69) is 55.5 Å². The van der Waals surface area contributed by atoms with Gasteiger partial charge in [0, 0.05) is 12.6 Å². The van der Waals surface area contributed by atoms with Crippen LogP contribution in [0.2, 0.25) is 0 Å². The van der Waals surface area contributed by atoms with E-state index < -0.39 is 0 Å². The summed E-state index contributed by atoms with van der Waals surface area (Å²) in [5, 5.41) is 1.23. The summed E-state index contributed by atoms with van der Waals surface area (Å²) in [6, 6.07) is 30.5. The Morgan fingerprint density at radius 1 is 0.605 bits per heavy atom. The third-order valence-corrected chi connectivity index (χ3v) is 6.65. The zero-order chi connectivity index (χ0) is 27.2. The van der Waals surface area contributed by atoms with Crippen molar-refractivity contribution < 1.29 is 19.1 Å². The lowest BCUT2D eigenvalue weighted by Crippen LogP contribution is -2.25.